The summed E-state index contributed by atoms with van der Waals surface area (Å²) < 4.78 is 54.7. The molecular formula is C36H72N8O26. The Labute approximate surface area is 397 Å². The lowest BCUT2D eigenvalue weighted by Gasteiger charge is -2.51. The number of aliphatic hydroxyl groups excluding tert-OH is 16. The zero-order chi connectivity index (χ0) is 52.5. The second kappa shape index (κ2) is 24.5. The fraction of sp³-hybridized carbons (Fsp3) is 1.00. The van der Waals surface area contributed by atoms with Crippen LogP contribution in [0, 0.1) is 0 Å². The molecule has 34 heteroatoms. The molecule has 6 aliphatic rings. The van der Waals surface area contributed by atoms with Crippen LogP contribution in [0.25, 0.3) is 0 Å². The summed E-state index contributed by atoms with van der Waals surface area (Å²) in [7, 11) is 0. The average molecular weight is 1030 g/mol. The maximum atomic E-state index is 10.9. The predicted molar refractivity (Wildman–Crippen MR) is 221 cm³/mol. The van der Waals surface area contributed by atoms with E-state index in [9.17, 15) is 81.7 Å². The van der Waals surface area contributed by atoms with Crippen molar-refractivity contribution in [1.29, 1.82) is 0 Å². The molecular weight excluding hydrogens is 960 g/mol. The fourth-order valence-electron chi connectivity index (χ4n) is 8.60. The molecule has 0 saturated carbocycles. The summed E-state index contributed by atoms with van der Waals surface area (Å²) in [5, 5.41) is 160. The normalized spacial score (nSPS) is 53.5. The Morgan fingerprint density at radius 2 is 0.614 bits per heavy atom. The van der Waals surface area contributed by atoms with Crippen molar-refractivity contribution in [3.8, 4) is 0 Å². The predicted octanol–water partition coefficient (Wildman–Crippen LogP) is -16.8. The van der Waals surface area contributed by atoms with Gasteiger partial charge in [0.2, 0.25) is 11.8 Å². The van der Waals surface area contributed by atoms with E-state index in [0.29, 0.717) is 0 Å². The molecule has 0 amide bonds. The zero-order valence-corrected chi connectivity index (χ0v) is 37.3. The summed E-state index contributed by atoms with van der Waals surface area (Å²) in [6.07, 6.45) is -32.6. The molecule has 0 spiro atoms. The van der Waals surface area contributed by atoms with E-state index in [2.05, 4.69) is 0 Å². The van der Waals surface area contributed by atoms with Gasteiger partial charge in [0.1, 0.15) is 122 Å². The van der Waals surface area contributed by atoms with Crippen LogP contribution < -0.4 is 45.9 Å². The van der Waals surface area contributed by atoms with Crippen LogP contribution in [0.3, 0.4) is 0 Å². The van der Waals surface area contributed by atoms with Gasteiger partial charge in [-0.3, -0.25) is 11.5 Å². The first kappa shape index (κ1) is 59.5. The Hall–Kier alpha value is -1.36. The second-order valence-electron chi connectivity index (χ2n) is 17.7. The van der Waals surface area contributed by atoms with Crippen LogP contribution in [0.5, 0.6) is 0 Å². The Balaban J connectivity index is 0.000000261. The van der Waals surface area contributed by atoms with E-state index in [1.807, 2.05) is 0 Å². The van der Waals surface area contributed by atoms with Gasteiger partial charge in [-0.25, -0.2) is 0 Å². The van der Waals surface area contributed by atoms with Crippen LogP contribution in [0.4, 0.5) is 0 Å². The molecule has 6 rings (SSSR count). The number of aliphatic hydroxyl groups is 16. The largest absolute Gasteiger partial charge is 0.394 e. The molecule has 6 heterocycles. The highest BCUT2D eigenvalue weighted by Gasteiger charge is 2.59. The van der Waals surface area contributed by atoms with E-state index < -0.39 is 223 Å². The zero-order valence-electron chi connectivity index (χ0n) is 37.3. The molecule has 34 nitrogen and oxygen atoms in total. The Morgan fingerprint density at radius 3 is 0.900 bits per heavy atom. The second-order valence-corrected chi connectivity index (χ2v) is 17.7. The number of hydrogen-bond acceptors (Lipinski definition) is 34. The van der Waals surface area contributed by atoms with E-state index in [1.54, 1.807) is 0 Å². The molecule has 30 atom stereocenters. The van der Waals surface area contributed by atoms with Gasteiger partial charge in [0, 0.05) is 0 Å². The van der Waals surface area contributed by atoms with E-state index in [-0.39, 0.29) is 0 Å². The molecule has 70 heavy (non-hydrogen) atoms. The third-order valence-electron chi connectivity index (χ3n) is 13.0. The molecule has 0 aromatic rings. The standard InChI is InChI=1S/2C18H36N4O13/c2*19-7-10(27)13(5(2-24)31-16(7)30)33-17-8(20)11(28)14(6(3-25)32-17)35-18(22)15(21)12(29)9(26)4(1-23)34-18/h2*4-17,23-30H,1-3,19-22H2/t2*4-,5-,6-,7-,8-,9-,10-,11-,12+,13?,14?,15-,16-,17+,18+/m11/s1. The maximum absolute atomic E-state index is 10.9. The molecule has 6 fully saturated rings. The van der Waals surface area contributed by atoms with Gasteiger partial charge in [-0.15, -0.1) is 0 Å². The number of nitrogens with two attached hydrogens (primary N) is 8. The highest BCUT2D eigenvalue weighted by Crippen LogP contribution is 2.36. The Bertz CT molecular complexity index is 1500. The lowest BCUT2D eigenvalue weighted by Crippen LogP contribution is -2.76. The van der Waals surface area contributed by atoms with E-state index in [1.165, 1.54) is 0 Å². The van der Waals surface area contributed by atoms with E-state index >= 15 is 0 Å². The first-order chi connectivity index (χ1) is 32.8. The molecule has 4 unspecified atom stereocenters. The monoisotopic (exact) mass is 1030 g/mol. The fourth-order valence-corrected chi connectivity index (χ4v) is 8.60. The third kappa shape index (κ3) is 12.0. The van der Waals surface area contributed by atoms with Gasteiger partial charge in [0.05, 0.1) is 63.8 Å². The molecule has 0 aliphatic carbocycles. The highest BCUT2D eigenvalue weighted by atomic mass is 16.8. The molecule has 0 aromatic carbocycles. The van der Waals surface area contributed by atoms with Gasteiger partial charge < -0.3 is 163 Å². The van der Waals surface area contributed by atoms with E-state index in [4.69, 9.17) is 93.2 Å². The molecule has 0 aromatic heterocycles. The van der Waals surface area contributed by atoms with Gasteiger partial charge in [-0.2, -0.15) is 0 Å². The third-order valence-corrected chi connectivity index (χ3v) is 13.0. The van der Waals surface area contributed by atoms with Crippen LogP contribution in [0.1, 0.15) is 0 Å². The van der Waals surface area contributed by atoms with Crippen molar-refractivity contribution in [3.05, 3.63) is 0 Å². The lowest BCUT2D eigenvalue weighted by molar-refractivity contribution is -0.380. The number of rotatable bonds is 14. The van der Waals surface area contributed by atoms with Crippen LogP contribution >= 0.6 is 0 Å². The van der Waals surface area contributed by atoms with Crippen LogP contribution in [0.2, 0.25) is 0 Å². The minimum Gasteiger partial charge on any atom is -0.394 e. The molecule has 6 saturated heterocycles. The van der Waals surface area contributed by atoms with Crippen molar-refractivity contribution in [3.63, 3.8) is 0 Å². The highest BCUT2D eigenvalue weighted by molar-refractivity contribution is 5.03. The Morgan fingerprint density at radius 1 is 0.343 bits per heavy atom. The summed E-state index contributed by atoms with van der Waals surface area (Å²) in [6.45, 7) is -4.36. The summed E-state index contributed by atoms with van der Waals surface area (Å²) in [4.78, 5) is 0. The molecule has 6 aliphatic heterocycles. The smallest absolute Gasteiger partial charge is 0.244 e. The average Bonchev–Trinajstić information content (AvgIpc) is 3.34. The van der Waals surface area contributed by atoms with Crippen molar-refractivity contribution < 1.29 is 129 Å². The first-order valence-electron chi connectivity index (χ1n) is 22.0. The van der Waals surface area contributed by atoms with Gasteiger partial charge >= 0.3 is 0 Å². The Kier molecular flexibility index (Phi) is 20.9. The molecule has 0 bridgehead atoms. The van der Waals surface area contributed by atoms with Crippen molar-refractivity contribution >= 4 is 0 Å². The SMILES string of the molecule is N[C@H]1[C@H](OC2[C@@H](CO)O[C@@H](O)[C@H](N)[C@H]2O)O[C@H](CO)C(O[C@@]2(N)O[C@H](CO)[C@@H](O)[C@H](O)[C@H]2N)[C@@H]1O.N[C@H]1[C@H](OC2[C@@H](CO)O[C@@H](O)[C@H](N)[C@H]2O)O[C@H](CO)C(O[C@@]2(N)O[C@H](CO)[C@@H](O)[C@H](O)[C@H]2N)[C@@H]1O. The van der Waals surface area contributed by atoms with E-state index in [0.717, 1.165) is 0 Å². The molecule has 32 N–H and O–H groups in total. The first-order valence-corrected chi connectivity index (χ1v) is 22.0. The minimum atomic E-state index is -2.35. The minimum absolute atomic E-state index is 0.670. The van der Waals surface area contributed by atoms with Gasteiger partial charge in [-0.05, 0) is 0 Å². The summed E-state index contributed by atoms with van der Waals surface area (Å²) in [5.74, 6) is -4.69. The maximum Gasteiger partial charge on any atom is 0.244 e. The molecule has 412 valence electrons. The van der Waals surface area contributed by atoms with Crippen molar-refractivity contribution in [2.75, 3.05) is 39.6 Å². The summed E-state index contributed by atoms with van der Waals surface area (Å²) >= 11 is 0. The number of hydrogen-bond donors (Lipinski definition) is 24. The van der Waals surface area contributed by atoms with Crippen LogP contribution in [-0.2, 0) is 47.4 Å². The lowest BCUT2D eigenvalue weighted by atomic mass is 9.93. The van der Waals surface area contributed by atoms with Gasteiger partial charge in [0.15, 0.2) is 25.2 Å². The topological polar surface area (TPSA) is 624 Å². The summed E-state index contributed by atoms with van der Waals surface area (Å²) in [6, 6.07) is -8.48. The van der Waals surface area contributed by atoms with Crippen molar-refractivity contribution in [2.24, 2.45) is 45.9 Å². The quantitative estimate of drug-likeness (QED) is 0.0718. The van der Waals surface area contributed by atoms with Crippen LogP contribution in [0.15, 0.2) is 0 Å². The number of ether oxygens (including phenoxy) is 10. The van der Waals surface area contributed by atoms with Gasteiger partial charge in [-0.1, -0.05) is 0 Å². The van der Waals surface area contributed by atoms with Crippen molar-refractivity contribution in [1.82, 2.24) is 0 Å². The summed E-state index contributed by atoms with van der Waals surface area (Å²) in [5.41, 5.74) is 47.3. The van der Waals surface area contributed by atoms with Crippen molar-refractivity contribution in [2.45, 2.75) is 183 Å². The molecule has 0 radical (unpaired) electrons. The van der Waals surface area contributed by atoms with Gasteiger partial charge in [0.25, 0.3) is 0 Å². The van der Waals surface area contributed by atoms with Crippen LogP contribution in [-0.4, -0.2) is 304 Å².